The van der Waals surface area contributed by atoms with Gasteiger partial charge in [-0.2, -0.15) is 39.1 Å². The molecule has 6 unspecified atom stereocenters. The highest BCUT2D eigenvalue weighted by Crippen LogP contribution is 2.46. The average Bonchev–Trinajstić information content (AvgIpc) is 2.92. The second kappa shape index (κ2) is 8.77. The number of halogens is 7. The molecule has 1 amide bonds. The van der Waals surface area contributed by atoms with E-state index in [0.717, 1.165) is 0 Å². The zero-order valence-electron chi connectivity index (χ0n) is 17.0. The van der Waals surface area contributed by atoms with E-state index < -0.39 is 83.9 Å². The van der Waals surface area contributed by atoms with Gasteiger partial charge in [0.2, 0.25) is 5.91 Å². The third-order valence-corrected chi connectivity index (χ3v) is 8.24. The van der Waals surface area contributed by atoms with Gasteiger partial charge in [0.05, 0.1) is 18.7 Å². The number of hydrogen-bond donors (Lipinski definition) is 4. The Labute approximate surface area is 184 Å². The van der Waals surface area contributed by atoms with Crippen LogP contribution in [0.3, 0.4) is 0 Å². The quantitative estimate of drug-likeness (QED) is 0.402. The molecule has 3 aliphatic rings. The van der Waals surface area contributed by atoms with E-state index in [9.17, 15) is 49.8 Å². The minimum Gasteiger partial charge on any atom is -0.391 e. The predicted molar refractivity (Wildman–Crippen MR) is 97.4 cm³/mol. The number of rotatable bonds is 5. The highest BCUT2D eigenvalue weighted by molar-refractivity contribution is 7.88. The summed E-state index contributed by atoms with van der Waals surface area (Å²) in [4.78, 5) is 11.5. The van der Waals surface area contributed by atoms with Crippen molar-refractivity contribution in [2.75, 3.05) is 13.1 Å². The first-order valence-corrected chi connectivity index (χ1v) is 11.7. The Morgan fingerprint density at radius 2 is 1.70 bits per heavy atom. The molecule has 0 radical (unpaired) electrons. The van der Waals surface area contributed by atoms with E-state index in [4.69, 9.17) is 0 Å². The Hall–Kier alpha value is -1.23. The molecule has 0 aromatic heterocycles. The summed E-state index contributed by atoms with van der Waals surface area (Å²) in [5, 5.41) is 22.1. The molecule has 1 saturated heterocycles. The molecule has 1 heterocycles. The molecule has 0 spiro atoms. The highest BCUT2D eigenvalue weighted by atomic mass is 32.2. The predicted octanol–water partition coefficient (Wildman–Crippen LogP) is 0.755. The van der Waals surface area contributed by atoms with Gasteiger partial charge in [0.15, 0.2) is 0 Å². The lowest BCUT2D eigenvalue weighted by atomic mass is 9.66. The van der Waals surface area contributed by atoms with Crippen LogP contribution < -0.4 is 10.0 Å². The Bertz CT molecular complexity index is 839. The Balaban J connectivity index is 1.66. The molecule has 0 bridgehead atoms. The number of aliphatic hydroxyl groups excluding tert-OH is 1. The summed E-state index contributed by atoms with van der Waals surface area (Å²) >= 11 is 0. The van der Waals surface area contributed by atoms with E-state index in [-0.39, 0.29) is 25.2 Å². The van der Waals surface area contributed by atoms with E-state index in [1.165, 1.54) is 0 Å². The van der Waals surface area contributed by atoms with Gasteiger partial charge in [-0.1, -0.05) is 0 Å². The van der Waals surface area contributed by atoms with Gasteiger partial charge in [-0.05, 0) is 44.1 Å². The van der Waals surface area contributed by atoms with Gasteiger partial charge in [-0.25, -0.2) is 9.11 Å². The fraction of sp³-hybridized carbons (Fsp3) is 0.941. The summed E-state index contributed by atoms with van der Waals surface area (Å²) < 4.78 is 119. The van der Waals surface area contributed by atoms with Crippen LogP contribution >= 0.6 is 0 Å². The molecular formula is C17H24F7N3O5S. The van der Waals surface area contributed by atoms with Crippen molar-refractivity contribution in [3.05, 3.63) is 0 Å². The van der Waals surface area contributed by atoms with Crippen LogP contribution in [0.1, 0.15) is 32.1 Å². The van der Waals surface area contributed by atoms with Crippen LogP contribution in [-0.2, 0) is 15.0 Å². The number of carbonyl (C=O) groups is 1. The third-order valence-electron chi connectivity index (χ3n) is 6.76. The second-order valence-corrected chi connectivity index (χ2v) is 10.4. The smallest absolute Gasteiger partial charge is 0.391 e. The van der Waals surface area contributed by atoms with Crippen LogP contribution in [0.4, 0.5) is 30.7 Å². The van der Waals surface area contributed by atoms with Gasteiger partial charge >= 0.3 is 22.6 Å². The number of alkyl halides is 7. The molecule has 2 aliphatic carbocycles. The second-order valence-electron chi connectivity index (χ2n) is 8.81. The molecule has 6 atom stereocenters. The molecule has 4 N–H and O–H groups in total. The van der Waals surface area contributed by atoms with Crippen LogP contribution in [0.25, 0.3) is 0 Å². The van der Waals surface area contributed by atoms with Gasteiger partial charge in [0.25, 0.3) is 5.60 Å². The number of nitrogens with one attached hydrogen (secondary N) is 2. The molecule has 33 heavy (non-hydrogen) atoms. The fourth-order valence-electron chi connectivity index (χ4n) is 5.03. The van der Waals surface area contributed by atoms with Crippen LogP contribution in [0, 0.1) is 11.8 Å². The minimum atomic E-state index is -5.94. The van der Waals surface area contributed by atoms with Crippen LogP contribution in [0.15, 0.2) is 0 Å². The zero-order valence-corrected chi connectivity index (χ0v) is 17.9. The van der Waals surface area contributed by atoms with Crippen LogP contribution in [0.2, 0.25) is 0 Å². The molecule has 0 aromatic rings. The summed E-state index contributed by atoms with van der Waals surface area (Å²) in [6, 6.07) is -2.23. The molecule has 1 aliphatic heterocycles. The Morgan fingerprint density at radius 3 is 2.21 bits per heavy atom. The molecule has 16 heteroatoms. The largest absolute Gasteiger partial charge is 0.426 e. The minimum absolute atomic E-state index is 0.0270. The molecule has 192 valence electrons. The van der Waals surface area contributed by atoms with Crippen molar-refractivity contribution in [1.82, 2.24) is 14.3 Å². The van der Waals surface area contributed by atoms with Crippen LogP contribution in [0.5, 0.6) is 0 Å². The standard InChI is InChI=1S/C17H24F7N3O5S/c18-13-10-6-9(25-4-3-15(30,16(19,20)21)17(22,23)24)2-1-8(10)5-11(28)14(13)27-7-12(29)26-33(27,31)32/h8-11,13-14,25,28,30H,1-7H2,(H,26,29). The Kier molecular flexibility index (Phi) is 7.01. The van der Waals surface area contributed by atoms with Crippen molar-refractivity contribution < 1.29 is 54.2 Å². The molecule has 2 saturated carbocycles. The topological polar surface area (TPSA) is 119 Å². The first-order chi connectivity index (χ1) is 15.0. The number of hydrogen-bond acceptors (Lipinski definition) is 6. The first-order valence-electron chi connectivity index (χ1n) is 10.2. The monoisotopic (exact) mass is 515 g/mol. The Morgan fingerprint density at radius 1 is 1.09 bits per heavy atom. The number of carbonyl (C=O) groups excluding carboxylic acids is 1. The molecular weight excluding hydrogens is 491 g/mol. The molecule has 3 fully saturated rings. The molecule has 0 aromatic carbocycles. The van der Waals surface area contributed by atoms with Crippen molar-refractivity contribution in [1.29, 1.82) is 0 Å². The first kappa shape index (κ1) is 26.4. The van der Waals surface area contributed by atoms with Crippen molar-refractivity contribution in [2.24, 2.45) is 11.8 Å². The lowest BCUT2D eigenvalue weighted by Gasteiger charge is -2.48. The van der Waals surface area contributed by atoms with Crippen molar-refractivity contribution in [2.45, 2.75) is 74.4 Å². The van der Waals surface area contributed by atoms with Crippen molar-refractivity contribution >= 4 is 16.1 Å². The van der Waals surface area contributed by atoms with E-state index in [1.807, 2.05) is 0 Å². The number of aliphatic hydroxyl groups is 2. The van der Waals surface area contributed by atoms with E-state index in [2.05, 4.69) is 5.32 Å². The number of amides is 1. The normalized spacial score (nSPS) is 35.8. The summed E-state index contributed by atoms with van der Waals surface area (Å²) in [6.07, 6.45) is -16.3. The van der Waals surface area contributed by atoms with E-state index in [1.54, 1.807) is 4.72 Å². The maximum Gasteiger partial charge on any atom is 0.426 e. The molecule has 8 nitrogen and oxygen atoms in total. The third kappa shape index (κ3) is 4.94. The van der Waals surface area contributed by atoms with Gasteiger partial charge in [0, 0.05) is 12.5 Å². The maximum absolute atomic E-state index is 15.4. The SMILES string of the molecule is O=C1CN(C2C(O)CC3CCC(NCCC(O)(C(F)(F)F)C(F)(F)F)CC3C2F)S(=O)(=O)N1. The lowest BCUT2D eigenvalue weighted by Crippen LogP contribution is -2.60. The maximum atomic E-state index is 15.4. The lowest BCUT2D eigenvalue weighted by molar-refractivity contribution is -0.369. The summed E-state index contributed by atoms with van der Waals surface area (Å²) in [5.41, 5.74) is -4.89. The van der Waals surface area contributed by atoms with Gasteiger partial charge in [-0.15, -0.1) is 0 Å². The summed E-state index contributed by atoms with van der Waals surface area (Å²) in [5.74, 6) is -2.10. The summed E-state index contributed by atoms with van der Waals surface area (Å²) in [6.45, 7) is -1.52. The number of fused-ring (bicyclic) bond motifs is 1. The fourth-order valence-corrected chi connectivity index (χ4v) is 6.36. The van der Waals surface area contributed by atoms with Gasteiger partial charge in [0.1, 0.15) is 6.17 Å². The zero-order chi connectivity index (χ0) is 25.0. The van der Waals surface area contributed by atoms with Crippen molar-refractivity contribution in [3.63, 3.8) is 0 Å². The van der Waals surface area contributed by atoms with Gasteiger partial charge in [-0.3, -0.25) is 4.79 Å². The average molecular weight is 515 g/mol. The molecule has 3 rings (SSSR count). The number of nitrogens with zero attached hydrogens (tertiary/aromatic N) is 1. The van der Waals surface area contributed by atoms with Crippen molar-refractivity contribution in [3.8, 4) is 0 Å². The highest BCUT2D eigenvalue weighted by Gasteiger charge is 2.69. The van der Waals surface area contributed by atoms with Crippen LogP contribution in [-0.4, -0.2) is 84.2 Å². The summed E-state index contributed by atoms with van der Waals surface area (Å²) in [7, 11) is -4.33. The van der Waals surface area contributed by atoms with E-state index >= 15 is 4.39 Å². The van der Waals surface area contributed by atoms with Gasteiger partial charge < -0.3 is 15.5 Å². The van der Waals surface area contributed by atoms with E-state index in [0.29, 0.717) is 10.7 Å².